The number of esters is 1. The van der Waals surface area contributed by atoms with Gasteiger partial charge in [-0.2, -0.15) is 0 Å². The van der Waals surface area contributed by atoms with E-state index in [2.05, 4.69) is 15.6 Å². The summed E-state index contributed by atoms with van der Waals surface area (Å²) >= 11 is 0. The van der Waals surface area contributed by atoms with Gasteiger partial charge in [-0.15, -0.1) is 0 Å². The molecule has 0 bridgehead atoms. The minimum atomic E-state index is -0.375. The lowest BCUT2D eigenvalue weighted by Crippen LogP contribution is -2.22. The average molecular weight is 292 g/mol. The Kier molecular flexibility index (Phi) is 4.77. The topological polar surface area (TPSA) is 77.4 Å². The number of nitrogens with zero attached hydrogens (tertiary/aromatic N) is 2. The molecule has 2 rings (SSSR count). The molecule has 114 valence electrons. The predicted octanol–water partition coefficient (Wildman–Crippen LogP) is 1.58. The number of ether oxygens (including phenoxy) is 2. The highest BCUT2D eigenvalue weighted by Crippen LogP contribution is 2.24. The lowest BCUT2D eigenvalue weighted by Gasteiger charge is -2.17. The van der Waals surface area contributed by atoms with E-state index >= 15 is 0 Å². The molecule has 0 saturated heterocycles. The van der Waals surface area contributed by atoms with Crippen molar-refractivity contribution in [2.24, 2.45) is 0 Å². The van der Waals surface area contributed by atoms with E-state index in [1.807, 2.05) is 24.6 Å². The van der Waals surface area contributed by atoms with E-state index < -0.39 is 0 Å². The molecule has 0 aliphatic heterocycles. The van der Waals surface area contributed by atoms with Crippen molar-refractivity contribution in [3.8, 4) is 0 Å². The molecule has 21 heavy (non-hydrogen) atoms. The highest BCUT2D eigenvalue weighted by Gasteiger charge is 2.16. The van der Waals surface area contributed by atoms with Gasteiger partial charge in [0.15, 0.2) is 0 Å². The molecular weight excluding hydrogens is 272 g/mol. The van der Waals surface area contributed by atoms with Gasteiger partial charge in [0.1, 0.15) is 6.73 Å². The van der Waals surface area contributed by atoms with Crippen molar-refractivity contribution in [2.75, 3.05) is 33.3 Å². The molecule has 0 amide bonds. The zero-order valence-corrected chi connectivity index (χ0v) is 12.6. The van der Waals surface area contributed by atoms with E-state index in [1.165, 1.54) is 7.11 Å². The van der Waals surface area contributed by atoms with Gasteiger partial charge in [0.25, 0.3) is 0 Å². The molecule has 1 heterocycles. The zero-order valence-electron chi connectivity index (χ0n) is 12.6. The summed E-state index contributed by atoms with van der Waals surface area (Å²) in [6, 6.07) is 5.31. The Morgan fingerprint density at radius 1 is 1.43 bits per heavy atom. The van der Waals surface area contributed by atoms with Crippen LogP contribution in [-0.2, 0) is 9.47 Å². The van der Waals surface area contributed by atoms with Crippen LogP contribution in [0.4, 0.5) is 5.95 Å². The maximum absolute atomic E-state index is 11.6. The first-order valence-corrected chi connectivity index (χ1v) is 6.62. The van der Waals surface area contributed by atoms with E-state index in [9.17, 15) is 4.79 Å². The number of anilines is 1. The normalized spacial score (nSPS) is 12.4. The van der Waals surface area contributed by atoms with E-state index in [0.29, 0.717) is 18.2 Å². The Morgan fingerprint density at radius 2 is 2.19 bits per heavy atom. The van der Waals surface area contributed by atoms with Gasteiger partial charge in [-0.3, -0.25) is 4.57 Å². The number of hydrogen-bond donors (Lipinski definition) is 2. The van der Waals surface area contributed by atoms with Gasteiger partial charge >= 0.3 is 5.97 Å². The third-order valence-electron chi connectivity index (χ3n) is 3.29. The zero-order chi connectivity index (χ0) is 15.4. The van der Waals surface area contributed by atoms with Crippen LogP contribution in [0, 0.1) is 0 Å². The fraction of sp³-hybridized carbons (Fsp3) is 0.429. The van der Waals surface area contributed by atoms with Crippen LogP contribution in [0.2, 0.25) is 0 Å². The van der Waals surface area contributed by atoms with Gasteiger partial charge in [0.2, 0.25) is 5.95 Å². The first-order chi connectivity index (χ1) is 10.1. The van der Waals surface area contributed by atoms with Crippen molar-refractivity contribution in [3.63, 3.8) is 0 Å². The van der Waals surface area contributed by atoms with Crippen LogP contribution in [0.5, 0.6) is 0 Å². The van der Waals surface area contributed by atoms with E-state index in [4.69, 9.17) is 9.47 Å². The van der Waals surface area contributed by atoms with Gasteiger partial charge in [0.05, 0.1) is 29.9 Å². The van der Waals surface area contributed by atoms with Gasteiger partial charge in [0, 0.05) is 7.11 Å². The second-order valence-electron chi connectivity index (χ2n) is 4.57. The van der Waals surface area contributed by atoms with Crippen molar-refractivity contribution >= 4 is 23.0 Å². The third kappa shape index (κ3) is 2.98. The maximum atomic E-state index is 11.6. The molecular formula is C14H20N4O3. The number of carbonyl (C=O) groups is 1. The number of rotatable bonds is 6. The number of benzene rings is 1. The van der Waals surface area contributed by atoms with Crippen LogP contribution in [0.25, 0.3) is 11.0 Å². The second-order valence-corrected chi connectivity index (χ2v) is 4.57. The first kappa shape index (κ1) is 15.3. The number of methoxy groups -OCH3 is 2. The molecule has 7 heteroatoms. The van der Waals surface area contributed by atoms with Crippen molar-refractivity contribution in [2.45, 2.75) is 13.1 Å². The highest BCUT2D eigenvalue weighted by atomic mass is 16.5. The predicted molar refractivity (Wildman–Crippen MR) is 80.3 cm³/mol. The van der Waals surface area contributed by atoms with Gasteiger partial charge in [-0.1, -0.05) is 0 Å². The van der Waals surface area contributed by atoms with Crippen LogP contribution in [0.1, 0.15) is 23.4 Å². The molecule has 0 fully saturated rings. The largest absolute Gasteiger partial charge is 0.465 e. The van der Waals surface area contributed by atoms with Crippen LogP contribution < -0.4 is 10.6 Å². The van der Waals surface area contributed by atoms with Crippen molar-refractivity contribution in [1.82, 2.24) is 14.9 Å². The third-order valence-corrected chi connectivity index (χ3v) is 3.29. The lowest BCUT2D eigenvalue weighted by molar-refractivity contribution is 0.0601. The Morgan fingerprint density at radius 3 is 2.81 bits per heavy atom. The summed E-state index contributed by atoms with van der Waals surface area (Å²) in [4.78, 5) is 16.1. The molecule has 1 aromatic heterocycles. The highest BCUT2D eigenvalue weighted by molar-refractivity contribution is 5.94. The van der Waals surface area contributed by atoms with Crippen LogP contribution in [-0.4, -0.2) is 43.5 Å². The molecule has 2 aromatic rings. The van der Waals surface area contributed by atoms with E-state index in [1.54, 1.807) is 19.2 Å². The summed E-state index contributed by atoms with van der Waals surface area (Å²) in [6.07, 6.45) is 0.0401. The molecule has 1 atom stereocenters. The molecule has 0 aliphatic carbocycles. The molecule has 0 saturated carbocycles. The molecule has 2 N–H and O–H groups in total. The maximum Gasteiger partial charge on any atom is 0.337 e. The number of imidazole rings is 1. The van der Waals surface area contributed by atoms with Gasteiger partial charge < -0.3 is 20.1 Å². The Bertz CT molecular complexity index is 638. The second kappa shape index (κ2) is 6.55. The van der Waals surface area contributed by atoms with Crippen LogP contribution in [0.3, 0.4) is 0 Å². The summed E-state index contributed by atoms with van der Waals surface area (Å²) in [7, 11) is 4.84. The van der Waals surface area contributed by atoms with Crippen LogP contribution >= 0.6 is 0 Å². The number of fused-ring (bicyclic) bond motifs is 1. The quantitative estimate of drug-likeness (QED) is 0.622. The van der Waals surface area contributed by atoms with Gasteiger partial charge in [-0.05, 0) is 32.2 Å². The molecule has 0 aliphatic rings. The molecule has 0 spiro atoms. The minimum Gasteiger partial charge on any atom is -0.465 e. The van der Waals surface area contributed by atoms with E-state index in [-0.39, 0.29) is 12.1 Å². The van der Waals surface area contributed by atoms with Crippen molar-refractivity contribution < 1.29 is 14.3 Å². The fourth-order valence-electron chi connectivity index (χ4n) is 2.13. The molecule has 1 aromatic carbocycles. The molecule has 1 unspecified atom stereocenters. The standard InChI is InChI=1S/C14H20N4O3/c1-9(15-2)18-12-6-5-10(13(19)21-4)7-11(12)17-14(18)16-8-20-3/h5-7,9,15H,8H2,1-4H3,(H,16,17). The lowest BCUT2D eigenvalue weighted by atomic mass is 10.2. The van der Waals surface area contributed by atoms with Gasteiger partial charge in [-0.25, -0.2) is 9.78 Å². The number of nitrogens with one attached hydrogen (secondary N) is 2. The fourth-order valence-corrected chi connectivity index (χ4v) is 2.13. The summed E-state index contributed by atoms with van der Waals surface area (Å²) in [5.41, 5.74) is 2.12. The monoisotopic (exact) mass is 292 g/mol. The smallest absolute Gasteiger partial charge is 0.337 e. The Labute approximate surface area is 123 Å². The minimum absolute atomic E-state index is 0.0401. The number of hydrogen-bond acceptors (Lipinski definition) is 6. The van der Waals surface area contributed by atoms with Crippen LogP contribution in [0.15, 0.2) is 18.2 Å². The summed E-state index contributed by atoms with van der Waals surface area (Å²) in [5, 5.41) is 6.28. The Hall–Kier alpha value is -2.12. The number of aromatic nitrogens is 2. The van der Waals surface area contributed by atoms with Crippen molar-refractivity contribution in [1.29, 1.82) is 0 Å². The summed E-state index contributed by atoms with van der Waals surface area (Å²) < 4.78 is 11.8. The summed E-state index contributed by atoms with van der Waals surface area (Å²) in [5.74, 6) is 0.301. The summed E-state index contributed by atoms with van der Waals surface area (Å²) in [6.45, 7) is 2.37. The molecule has 0 radical (unpaired) electrons. The van der Waals surface area contributed by atoms with Crippen molar-refractivity contribution in [3.05, 3.63) is 23.8 Å². The first-order valence-electron chi connectivity index (χ1n) is 6.62. The Balaban J connectivity index is 2.52. The molecule has 7 nitrogen and oxygen atoms in total. The number of carbonyl (C=O) groups excluding carboxylic acids is 1. The SMILES string of the molecule is CNC(C)n1c(NCOC)nc2cc(C(=O)OC)ccc21. The van der Waals surface area contributed by atoms with E-state index in [0.717, 1.165) is 11.0 Å². The average Bonchev–Trinajstić information content (AvgIpc) is 2.88.